The van der Waals surface area contributed by atoms with Gasteiger partial charge in [0.15, 0.2) is 5.78 Å². The third-order valence-corrected chi connectivity index (χ3v) is 9.20. The van der Waals surface area contributed by atoms with Gasteiger partial charge in [-0.2, -0.15) is 0 Å². The van der Waals surface area contributed by atoms with Gasteiger partial charge in [0.25, 0.3) is 0 Å². The summed E-state index contributed by atoms with van der Waals surface area (Å²) in [5.41, 5.74) is 5.29. The Balaban J connectivity index is 1.45. The molecule has 2 aromatic carbocycles. The Hall–Kier alpha value is -3.21. The third-order valence-electron chi connectivity index (χ3n) is 9.20. The summed E-state index contributed by atoms with van der Waals surface area (Å²) >= 11 is 0. The van der Waals surface area contributed by atoms with E-state index in [9.17, 15) is 9.90 Å². The molecule has 0 radical (unpaired) electrons. The van der Waals surface area contributed by atoms with Gasteiger partial charge in [0.2, 0.25) is 0 Å². The summed E-state index contributed by atoms with van der Waals surface area (Å²) < 4.78 is 16.2. The quantitative estimate of drug-likeness (QED) is 0.278. The molecule has 0 amide bonds. The Morgan fingerprint density at radius 2 is 1.75 bits per heavy atom. The molecule has 3 aliphatic rings. The van der Waals surface area contributed by atoms with Crippen LogP contribution in [0.2, 0.25) is 0 Å². The van der Waals surface area contributed by atoms with Crippen LogP contribution in [0.1, 0.15) is 72.0 Å². The van der Waals surface area contributed by atoms with E-state index < -0.39 is 0 Å². The Bertz CT molecular complexity index is 1220. The fourth-order valence-corrected chi connectivity index (χ4v) is 7.16. The lowest BCUT2D eigenvalue weighted by Gasteiger charge is -2.49. The predicted molar refractivity (Wildman–Crippen MR) is 141 cm³/mol. The Morgan fingerprint density at radius 1 is 1.03 bits per heavy atom. The molecule has 0 saturated heterocycles. The third kappa shape index (κ3) is 3.89. The molecule has 2 aromatic rings. The SMILES string of the molecule is C=C1CC[C@H]2[C@@H]3CCc4cc(O)c(/C=C/C(=O)c5c(OC)cc(OC)cc5OC)cc4[C@H]3CC[C@]12C. The van der Waals surface area contributed by atoms with Gasteiger partial charge in [-0.05, 0) is 97.1 Å². The van der Waals surface area contributed by atoms with Gasteiger partial charge in [-0.25, -0.2) is 0 Å². The predicted octanol–water partition coefficient (Wildman–Crippen LogP) is 6.73. The van der Waals surface area contributed by atoms with Crippen molar-refractivity contribution in [2.75, 3.05) is 21.3 Å². The zero-order valence-corrected chi connectivity index (χ0v) is 21.7. The van der Waals surface area contributed by atoms with E-state index >= 15 is 0 Å². The van der Waals surface area contributed by atoms with Crippen LogP contribution in [0.15, 0.2) is 42.5 Å². The smallest absolute Gasteiger partial charge is 0.193 e. The highest BCUT2D eigenvalue weighted by Gasteiger charge is 2.51. The molecule has 1 N–H and O–H groups in total. The molecule has 0 heterocycles. The van der Waals surface area contributed by atoms with Crippen LogP contribution in [0.3, 0.4) is 0 Å². The molecular weight excluding hydrogens is 452 g/mol. The number of ketones is 1. The number of aromatic hydroxyl groups is 1. The number of allylic oxidation sites excluding steroid dienone is 2. The molecule has 5 heteroatoms. The van der Waals surface area contributed by atoms with Crippen LogP contribution in [0.4, 0.5) is 0 Å². The minimum atomic E-state index is -0.265. The number of phenolic OH excluding ortho intramolecular Hbond substituents is 1. The van der Waals surface area contributed by atoms with E-state index in [1.807, 2.05) is 6.07 Å². The number of fused-ring (bicyclic) bond motifs is 5. The van der Waals surface area contributed by atoms with Crippen molar-refractivity contribution in [1.82, 2.24) is 0 Å². The van der Waals surface area contributed by atoms with Gasteiger partial charge < -0.3 is 19.3 Å². The highest BCUT2D eigenvalue weighted by molar-refractivity contribution is 6.10. The Labute approximate surface area is 213 Å². The van der Waals surface area contributed by atoms with Gasteiger partial charge in [-0.1, -0.05) is 19.1 Å². The van der Waals surface area contributed by atoms with Crippen LogP contribution >= 0.6 is 0 Å². The minimum absolute atomic E-state index is 0.208. The van der Waals surface area contributed by atoms with E-state index in [-0.39, 0.29) is 16.9 Å². The molecule has 0 spiro atoms. The fraction of sp³-hybridized carbons (Fsp3) is 0.452. The first-order chi connectivity index (χ1) is 17.3. The average Bonchev–Trinajstić information content (AvgIpc) is 3.20. The van der Waals surface area contributed by atoms with Crippen LogP contribution in [0, 0.1) is 17.3 Å². The zero-order chi connectivity index (χ0) is 25.6. The molecule has 190 valence electrons. The van der Waals surface area contributed by atoms with E-state index in [2.05, 4.69) is 19.6 Å². The second-order valence-electron chi connectivity index (χ2n) is 10.7. The highest BCUT2D eigenvalue weighted by atomic mass is 16.5. The van der Waals surface area contributed by atoms with Crippen molar-refractivity contribution < 1.29 is 24.1 Å². The molecule has 3 aliphatic carbocycles. The molecule has 0 aliphatic heterocycles. The van der Waals surface area contributed by atoms with Crippen LogP contribution in [-0.2, 0) is 6.42 Å². The molecule has 4 atom stereocenters. The minimum Gasteiger partial charge on any atom is -0.507 e. The summed E-state index contributed by atoms with van der Waals surface area (Å²) in [5.74, 6) is 3.10. The summed E-state index contributed by atoms with van der Waals surface area (Å²) in [7, 11) is 4.57. The molecule has 0 unspecified atom stereocenters. The number of hydrogen-bond acceptors (Lipinski definition) is 5. The lowest BCUT2D eigenvalue weighted by molar-refractivity contribution is 0.0816. The number of carbonyl (C=O) groups is 1. The molecule has 5 nitrogen and oxygen atoms in total. The first-order valence-electron chi connectivity index (χ1n) is 12.9. The van der Waals surface area contributed by atoms with E-state index in [0.29, 0.717) is 46.1 Å². The topological polar surface area (TPSA) is 65.0 Å². The van der Waals surface area contributed by atoms with Crippen LogP contribution < -0.4 is 14.2 Å². The summed E-state index contributed by atoms with van der Waals surface area (Å²) in [6, 6.07) is 7.34. The maximum atomic E-state index is 13.2. The molecule has 2 saturated carbocycles. The lowest BCUT2D eigenvalue weighted by atomic mass is 9.55. The van der Waals surface area contributed by atoms with Crippen molar-refractivity contribution >= 4 is 11.9 Å². The summed E-state index contributed by atoms with van der Waals surface area (Å²) in [4.78, 5) is 13.2. The average molecular weight is 489 g/mol. The number of ether oxygens (including phenoxy) is 3. The first kappa shape index (κ1) is 24.5. The lowest BCUT2D eigenvalue weighted by Crippen LogP contribution is -2.40. The van der Waals surface area contributed by atoms with Crippen molar-refractivity contribution in [3.8, 4) is 23.0 Å². The van der Waals surface area contributed by atoms with E-state index in [0.717, 1.165) is 19.3 Å². The number of carbonyl (C=O) groups excluding carboxylic acids is 1. The molecule has 0 bridgehead atoms. The summed E-state index contributed by atoms with van der Waals surface area (Å²) in [6.45, 7) is 6.85. The van der Waals surface area contributed by atoms with Crippen molar-refractivity contribution in [2.45, 2.75) is 51.4 Å². The van der Waals surface area contributed by atoms with Gasteiger partial charge in [-0.3, -0.25) is 4.79 Å². The highest BCUT2D eigenvalue weighted by Crippen LogP contribution is 2.62. The molecule has 2 fully saturated rings. The maximum Gasteiger partial charge on any atom is 0.193 e. The number of rotatable bonds is 6. The second kappa shape index (κ2) is 9.34. The number of benzene rings is 2. The Morgan fingerprint density at radius 3 is 2.42 bits per heavy atom. The maximum absolute atomic E-state index is 13.2. The van der Waals surface area contributed by atoms with Crippen molar-refractivity contribution in [1.29, 1.82) is 0 Å². The number of methoxy groups -OCH3 is 3. The van der Waals surface area contributed by atoms with Crippen LogP contribution in [0.5, 0.6) is 23.0 Å². The van der Waals surface area contributed by atoms with Crippen LogP contribution in [-0.4, -0.2) is 32.2 Å². The van der Waals surface area contributed by atoms with Gasteiger partial charge in [-0.15, -0.1) is 0 Å². The summed E-state index contributed by atoms with van der Waals surface area (Å²) in [6.07, 6.45) is 10.1. The molecule has 0 aromatic heterocycles. The Kier molecular flexibility index (Phi) is 6.36. The number of phenols is 1. The van der Waals surface area contributed by atoms with Gasteiger partial charge in [0.1, 0.15) is 28.6 Å². The van der Waals surface area contributed by atoms with E-state index in [1.165, 1.54) is 56.3 Å². The molecule has 36 heavy (non-hydrogen) atoms. The number of aryl methyl sites for hydroxylation is 1. The first-order valence-corrected chi connectivity index (χ1v) is 12.9. The second-order valence-corrected chi connectivity index (χ2v) is 10.7. The monoisotopic (exact) mass is 488 g/mol. The summed E-state index contributed by atoms with van der Waals surface area (Å²) in [5, 5.41) is 10.8. The molecule has 5 rings (SSSR count). The van der Waals surface area contributed by atoms with Crippen LogP contribution in [0.25, 0.3) is 6.08 Å². The standard InChI is InChI=1S/C31H36O5/c1-18-6-10-25-23-9-7-19-15-27(33)20(14-24(19)22(23)12-13-31(18,25)2)8-11-26(32)30-28(35-4)16-21(34-3)17-29(30)36-5/h8,11,14-17,22-23,25,33H,1,6-7,9-10,12-13H2,2-5H3/b11-8+/t22-,23+,25-,31+/m0/s1. The van der Waals surface area contributed by atoms with Crippen molar-refractivity contribution in [3.63, 3.8) is 0 Å². The number of hydrogen-bond donors (Lipinski definition) is 1. The van der Waals surface area contributed by atoms with E-state index in [1.54, 1.807) is 25.3 Å². The fourth-order valence-electron chi connectivity index (χ4n) is 7.16. The van der Waals surface area contributed by atoms with E-state index in [4.69, 9.17) is 14.2 Å². The largest absolute Gasteiger partial charge is 0.507 e. The zero-order valence-electron chi connectivity index (χ0n) is 21.7. The van der Waals surface area contributed by atoms with Gasteiger partial charge >= 0.3 is 0 Å². The van der Waals surface area contributed by atoms with Crippen molar-refractivity contribution in [2.24, 2.45) is 17.3 Å². The van der Waals surface area contributed by atoms with Gasteiger partial charge in [0, 0.05) is 17.7 Å². The normalized spacial score (nSPS) is 26.8. The van der Waals surface area contributed by atoms with Crippen molar-refractivity contribution in [3.05, 3.63) is 64.7 Å². The van der Waals surface area contributed by atoms with Gasteiger partial charge in [0.05, 0.1) is 21.3 Å². The molecular formula is C31H36O5.